The number of amides is 1. The summed E-state index contributed by atoms with van der Waals surface area (Å²) < 4.78 is 10.9. The minimum atomic E-state index is -0.982. The minimum Gasteiger partial charge on any atom is -0.481 e. The molecule has 126 valence electrons. The molecule has 0 radical (unpaired) electrons. The van der Waals surface area contributed by atoms with Crippen LogP contribution in [-0.4, -0.2) is 53.8 Å². The van der Waals surface area contributed by atoms with E-state index in [9.17, 15) is 9.59 Å². The number of benzene rings is 1. The predicted octanol–water partition coefficient (Wildman–Crippen LogP) is 2.46. The maximum Gasteiger partial charge on any atom is 0.305 e. The van der Waals surface area contributed by atoms with Crippen LogP contribution in [0.2, 0.25) is 10.0 Å². The minimum absolute atomic E-state index is 0.170. The third kappa shape index (κ3) is 4.50. The van der Waals surface area contributed by atoms with Gasteiger partial charge in [-0.3, -0.25) is 9.59 Å². The molecule has 1 aromatic carbocycles. The first kappa shape index (κ1) is 17.8. The first-order valence-corrected chi connectivity index (χ1v) is 7.86. The number of morpholine rings is 1. The summed E-state index contributed by atoms with van der Waals surface area (Å²) in [5, 5.41) is 9.52. The molecule has 0 bridgehead atoms. The SMILES string of the molecule is CC(Oc1cccc(Cl)c1Cl)C(=O)N1CCOCC1CC(=O)O. The summed E-state index contributed by atoms with van der Waals surface area (Å²) in [7, 11) is 0. The molecule has 1 aliphatic heterocycles. The second-order valence-corrected chi connectivity index (χ2v) is 5.96. The number of hydrogen-bond acceptors (Lipinski definition) is 4. The van der Waals surface area contributed by atoms with E-state index in [0.717, 1.165) is 0 Å². The molecule has 8 heteroatoms. The number of nitrogens with zero attached hydrogens (tertiary/aromatic N) is 1. The fourth-order valence-electron chi connectivity index (χ4n) is 2.37. The summed E-state index contributed by atoms with van der Waals surface area (Å²) in [6.45, 7) is 2.48. The van der Waals surface area contributed by atoms with Gasteiger partial charge in [0.05, 0.1) is 30.7 Å². The fraction of sp³-hybridized carbons (Fsp3) is 0.467. The summed E-state index contributed by atoms with van der Waals surface area (Å²) in [5.74, 6) is -0.983. The second kappa shape index (κ2) is 7.86. The highest BCUT2D eigenvalue weighted by Gasteiger charge is 2.32. The van der Waals surface area contributed by atoms with Gasteiger partial charge in [0.2, 0.25) is 0 Å². The van der Waals surface area contributed by atoms with E-state index in [1.165, 1.54) is 4.90 Å². The van der Waals surface area contributed by atoms with E-state index < -0.39 is 18.1 Å². The highest BCUT2D eigenvalue weighted by atomic mass is 35.5. The number of rotatable bonds is 5. The highest BCUT2D eigenvalue weighted by Crippen LogP contribution is 2.32. The third-order valence-electron chi connectivity index (χ3n) is 3.49. The van der Waals surface area contributed by atoms with Crippen molar-refractivity contribution in [2.45, 2.75) is 25.5 Å². The molecule has 2 rings (SSSR count). The lowest BCUT2D eigenvalue weighted by molar-refractivity contribution is -0.150. The zero-order valence-corrected chi connectivity index (χ0v) is 14.0. The Kier molecular flexibility index (Phi) is 6.10. The molecule has 0 spiro atoms. The summed E-state index contributed by atoms with van der Waals surface area (Å²) in [6, 6.07) is 4.40. The predicted molar refractivity (Wildman–Crippen MR) is 85.1 cm³/mol. The Labute approximate surface area is 143 Å². The van der Waals surface area contributed by atoms with Gasteiger partial charge < -0.3 is 19.5 Å². The highest BCUT2D eigenvalue weighted by molar-refractivity contribution is 6.42. The molecule has 1 aliphatic rings. The van der Waals surface area contributed by atoms with Crippen LogP contribution < -0.4 is 4.74 Å². The molecule has 1 amide bonds. The van der Waals surface area contributed by atoms with E-state index in [0.29, 0.717) is 23.9 Å². The molecule has 6 nitrogen and oxygen atoms in total. The number of hydrogen-bond donors (Lipinski definition) is 1. The average Bonchev–Trinajstić information content (AvgIpc) is 2.51. The van der Waals surface area contributed by atoms with Gasteiger partial charge in [0, 0.05) is 6.54 Å². The van der Waals surface area contributed by atoms with Crippen molar-refractivity contribution in [1.82, 2.24) is 4.90 Å². The van der Waals surface area contributed by atoms with Crippen molar-refractivity contribution in [3.8, 4) is 5.75 Å². The van der Waals surface area contributed by atoms with Crippen molar-refractivity contribution >= 4 is 35.1 Å². The Balaban J connectivity index is 2.08. The molecule has 2 unspecified atom stereocenters. The summed E-state index contributed by atoms with van der Waals surface area (Å²) in [5.41, 5.74) is 0. The number of carboxylic acid groups (broad SMARTS) is 1. The monoisotopic (exact) mass is 361 g/mol. The van der Waals surface area contributed by atoms with Gasteiger partial charge in [0.1, 0.15) is 10.8 Å². The number of ether oxygens (including phenoxy) is 2. The Morgan fingerprint density at radius 2 is 2.22 bits per heavy atom. The van der Waals surface area contributed by atoms with Crippen molar-refractivity contribution < 1.29 is 24.2 Å². The fourth-order valence-corrected chi connectivity index (χ4v) is 2.70. The van der Waals surface area contributed by atoms with Crippen LogP contribution in [0.25, 0.3) is 0 Å². The standard InChI is InChI=1S/C15H17Cl2NO5/c1-9(23-12-4-2-3-11(16)14(12)17)15(21)18-5-6-22-8-10(18)7-13(19)20/h2-4,9-10H,5-8H2,1H3,(H,19,20). The van der Waals surface area contributed by atoms with E-state index >= 15 is 0 Å². The maximum atomic E-state index is 12.6. The van der Waals surface area contributed by atoms with E-state index in [1.54, 1.807) is 25.1 Å². The first-order chi connectivity index (χ1) is 10.9. The summed E-state index contributed by atoms with van der Waals surface area (Å²) in [6.07, 6.45) is -0.989. The van der Waals surface area contributed by atoms with Gasteiger partial charge in [-0.25, -0.2) is 0 Å². The van der Waals surface area contributed by atoms with Gasteiger partial charge >= 0.3 is 5.97 Å². The van der Waals surface area contributed by atoms with Gasteiger partial charge in [0.15, 0.2) is 6.10 Å². The van der Waals surface area contributed by atoms with Crippen LogP contribution in [0.3, 0.4) is 0 Å². The Morgan fingerprint density at radius 1 is 1.48 bits per heavy atom. The lowest BCUT2D eigenvalue weighted by Gasteiger charge is -2.36. The van der Waals surface area contributed by atoms with Crippen molar-refractivity contribution in [3.05, 3.63) is 28.2 Å². The van der Waals surface area contributed by atoms with Gasteiger partial charge in [0.25, 0.3) is 5.91 Å². The molecule has 1 N–H and O–H groups in total. The van der Waals surface area contributed by atoms with Gasteiger partial charge in [-0.05, 0) is 19.1 Å². The van der Waals surface area contributed by atoms with Crippen molar-refractivity contribution in [3.63, 3.8) is 0 Å². The zero-order valence-electron chi connectivity index (χ0n) is 12.5. The Hall–Kier alpha value is -1.50. The number of aliphatic carboxylic acids is 1. The van der Waals surface area contributed by atoms with Crippen LogP contribution in [0, 0.1) is 0 Å². The normalized spacial score (nSPS) is 19.3. The summed E-state index contributed by atoms with van der Waals surface area (Å²) in [4.78, 5) is 25.0. The van der Waals surface area contributed by atoms with Crippen LogP contribution in [0.5, 0.6) is 5.75 Å². The van der Waals surface area contributed by atoms with E-state index in [2.05, 4.69) is 0 Å². The van der Waals surface area contributed by atoms with Gasteiger partial charge in [-0.15, -0.1) is 0 Å². The molecular weight excluding hydrogens is 345 g/mol. The zero-order chi connectivity index (χ0) is 17.0. The molecular formula is C15H17Cl2NO5. The lowest BCUT2D eigenvalue weighted by Crippen LogP contribution is -2.53. The smallest absolute Gasteiger partial charge is 0.305 e. The topological polar surface area (TPSA) is 76.1 Å². The van der Waals surface area contributed by atoms with Gasteiger partial charge in [-0.2, -0.15) is 0 Å². The maximum absolute atomic E-state index is 12.6. The molecule has 1 heterocycles. The largest absolute Gasteiger partial charge is 0.481 e. The molecule has 2 atom stereocenters. The average molecular weight is 362 g/mol. The number of halogens is 2. The van der Waals surface area contributed by atoms with E-state index in [4.69, 9.17) is 37.8 Å². The number of carboxylic acids is 1. The van der Waals surface area contributed by atoms with Crippen molar-refractivity contribution in [2.75, 3.05) is 19.8 Å². The van der Waals surface area contributed by atoms with Crippen molar-refractivity contribution in [2.24, 2.45) is 0 Å². The van der Waals surface area contributed by atoms with Crippen LogP contribution >= 0.6 is 23.2 Å². The van der Waals surface area contributed by atoms with Crippen LogP contribution in [-0.2, 0) is 14.3 Å². The summed E-state index contributed by atoms with van der Waals surface area (Å²) >= 11 is 12.0. The number of carbonyl (C=O) groups excluding carboxylic acids is 1. The number of carbonyl (C=O) groups is 2. The second-order valence-electron chi connectivity index (χ2n) is 5.17. The Morgan fingerprint density at radius 3 is 2.91 bits per heavy atom. The molecule has 0 aliphatic carbocycles. The van der Waals surface area contributed by atoms with E-state index in [1.807, 2.05) is 0 Å². The Bertz CT molecular complexity index is 595. The molecule has 1 fully saturated rings. The molecule has 0 saturated carbocycles. The molecule has 23 heavy (non-hydrogen) atoms. The molecule has 1 aromatic rings. The van der Waals surface area contributed by atoms with E-state index in [-0.39, 0.29) is 24.0 Å². The molecule has 1 saturated heterocycles. The lowest BCUT2D eigenvalue weighted by atomic mass is 10.1. The third-order valence-corrected chi connectivity index (χ3v) is 4.29. The first-order valence-electron chi connectivity index (χ1n) is 7.11. The quantitative estimate of drug-likeness (QED) is 0.871. The van der Waals surface area contributed by atoms with Crippen LogP contribution in [0.4, 0.5) is 0 Å². The van der Waals surface area contributed by atoms with Gasteiger partial charge in [-0.1, -0.05) is 29.3 Å². The van der Waals surface area contributed by atoms with Crippen molar-refractivity contribution in [1.29, 1.82) is 0 Å². The molecule has 0 aromatic heterocycles. The van der Waals surface area contributed by atoms with Crippen LogP contribution in [0.1, 0.15) is 13.3 Å². The van der Waals surface area contributed by atoms with Crippen LogP contribution in [0.15, 0.2) is 18.2 Å².